The van der Waals surface area contributed by atoms with Gasteiger partial charge in [0, 0.05) is 11.3 Å². The number of phenolic OH excluding ortho intramolecular Hbond substituents is 1. The van der Waals surface area contributed by atoms with Crippen molar-refractivity contribution in [2.24, 2.45) is 0 Å². The molecule has 3 aromatic rings. The third kappa shape index (κ3) is 3.40. The van der Waals surface area contributed by atoms with Crippen molar-refractivity contribution in [1.82, 2.24) is 0 Å². The van der Waals surface area contributed by atoms with Crippen LogP contribution < -0.4 is 5.32 Å². The van der Waals surface area contributed by atoms with Crippen LogP contribution >= 0.6 is 11.6 Å². The van der Waals surface area contributed by atoms with Crippen molar-refractivity contribution in [2.75, 3.05) is 5.32 Å². The normalized spacial score (nSPS) is 22.9. The molecule has 0 aromatic heterocycles. The van der Waals surface area contributed by atoms with E-state index in [4.69, 9.17) is 11.6 Å². The van der Waals surface area contributed by atoms with Crippen LogP contribution in [0.2, 0.25) is 5.02 Å². The van der Waals surface area contributed by atoms with Gasteiger partial charge >= 0.3 is 6.18 Å². The van der Waals surface area contributed by atoms with Crippen molar-refractivity contribution < 1.29 is 27.8 Å². The first kappa shape index (κ1) is 21.7. The zero-order valence-corrected chi connectivity index (χ0v) is 17.4. The molecule has 0 radical (unpaired) electrons. The van der Waals surface area contributed by atoms with Gasteiger partial charge in [-0.25, -0.2) is 4.39 Å². The molecule has 31 heavy (non-hydrogen) atoms. The van der Waals surface area contributed by atoms with E-state index < -0.39 is 46.2 Å². The van der Waals surface area contributed by atoms with E-state index in [1.165, 1.54) is 13.8 Å². The highest BCUT2D eigenvalue weighted by atomic mass is 35.5. The Balaban J connectivity index is 1.93. The van der Waals surface area contributed by atoms with Gasteiger partial charge in [0.15, 0.2) is 17.2 Å². The van der Waals surface area contributed by atoms with Gasteiger partial charge < -0.3 is 15.5 Å². The van der Waals surface area contributed by atoms with E-state index in [2.05, 4.69) is 5.32 Å². The maximum atomic E-state index is 14.3. The van der Waals surface area contributed by atoms with Gasteiger partial charge in [-0.15, -0.1) is 0 Å². The molecule has 0 saturated carbocycles. The van der Waals surface area contributed by atoms with Crippen molar-refractivity contribution in [3.8, 4) is 5.75 Å². The number of aromatic hydroxyl groups is 1. The van der Waals surface area contributed by atoms with Gasteiger partial charge in [-0.3, -0.25) is 0 Å². The highest BCUT2D eigenvalue weighted by molar-refractivity contribution is 6.31. The summed E-state index contributed by atoms with van der Waals surface area (Å²) in [6.45, 7) is 2.84. The monoisotopic (exact) mass is 453 g/mol. The predicted molar refractivity (Wildman–Crippen MR) is 112 cm³/mol. The number of rotatable bonds is 2. The van der Waals surface area contributed by atoms with Crippen LogP contribution in [0.4, 0.5) is 23.2 Å². The summed E-state index contributed by atoms with van der Waals surface area (Å²) in [6, 6.07) is 11.7. The Morgan fingerprint density at radius 1 is 1.06 bits per heavy atom. The van der Waals surface area contributed by atoms with Gasteiger partial charge in [-0.2, -0.15) is 13.2 Å². The molecule has 164 valence electrons. The lowest BCUT2D eigenvalue weighted by molar-refractivity contribution is -0.276. The molecule has 4 rings (SSSR count). The maximum Gasteiger partial charge on any atom is 0.419 e. The summed E-state index contributed by atoms with van der Waals surface area (Å²) in [5.41, 5.74) is -4.36. The first-order chi connectivity index (χ1) is 14.3. The van der Waals surface area contributed by atoms with Gasteiger partial charge in [-0.05, 0) is 46.4 Å². The first-order valence-electron chi connectivity index (χ1n) is 9.61. The van der Waals surface area contributed by atoms with Crippen molar-refractivity contribution in [3.63, 3.8) is 0 Å². The lowest BCUT2D eigenvalue weighted by Gasteiger charge is -2.49. The van der Waals surface area contributed by atoms with Gasteiger partial charge in [-0.1, -0.05) is 55.8 Å². The molecule has 2 atom stereocenters. The zero-order valence-electron chi connectivity index (χ0n) is 16.7. The van der Waals surface area contributed by atoms with Crippen LogP contribution in [0, 0.1) is 5.82 Å². The first-order valence-corrected chi connectivity index (χ1v) is 9.99. The summed E-state index contributed by atoms with van der Waals surface area (Å²) < 4.78 is 56.9. The second-order valence-electron chi connectivity index (χ2n) is 8.61. The molecule has 0 aliphatic heterocycles. The van der Waals surface area contributed by atoms with Crippen LogP contribution in [-0.4, -0.2) is 22.0 Å². The number of alkyl halides is 3. The topological polar surface area (TPSA) is 52.5 Å². The van der Waals surface area contributed by atoms with E-state index in [0.717, 1.165) is 16.8 Å². The molecule has 2 unspecified atom stereocenters. The summed E-state index contributed by atoms with van der Waals surface area (Å²) in [5, 5.41) is 25.3. The molecule has 3 nitrogen and oxygen atoms in total. The van der Waals surface area contributed by atoms with Gasteiger partial charge in [0.25, 0.3) is 0 Å². The molecule has 1 aliphatic carbocycles. The lowest BCUT2D eigenvalue weighted by Crippen LogP contribution is -2.58. The number of halogens is 5. The minimum atomic E-state index is -5.01. The standard InChI is InChI=1S/C23H20ClF4NO2/c1-21(2)11-22(31,23(26,27)28)20(15-10-16(24)18(25)19(30)17(15)21)29-14-8-7-12-5-3-4-6-13(12)9-14/h3-10,20,29-31H,11H2,1-2H3. The Kier molecular flexibility index (Phi) is 4.90. The highest BCUT2D eigenvalue weighted by Gasteiger charge is 2.64. The molecule has 0 heterocycles. The summed E-state index contributed by atoms with van der Waals surface area (Å²) >= 11 is 5.87. The Morgan fingerprint density at radius 3 is 2.35 bits per heavy atom. The fourth-order valence-corrected chi connectivity index (χ4v) is 4.81. The molecule has 0 fully saturated rings. The van der Waals surface area contributed by atoms with Crippen LogP contribution in [-0.2, 0) is 5.41 Å². The van der Waals surface area contributed by atoms with Gasteiger partial charge in [0.05, 0.1) is 11.1 Å². The molecule has 0 saturated heterocycles. The largest absolute Gasteiger partial charge is 0.505 e. The Hall–Kier alpha value is -2.51. The Bertz CT molecular complexity index is 1180. The highest BCUT2D eigenvalue weighted by Crippen LogP contribution is 2.57. The number of benzene rings is 3. The number of hydrogen-bond acceptors (Lipinski definition) is 3. The van der Waals surface area contributed by atoms with Crippen LogP contribution in [0.15, 0.2) is 48.5 Å². The second kappa shape index (κ2) is 7.00. The zero-order chi connectivity index (χ0) is 22.8. The van der Waals surface area contributed by atoms with E-state index in [9.17, 15) is 27.8 Å². The number of nitrogens with one attached hydrogen (secondary N) is 1. The van der Waals surface area contributed by atoms with Gasteiger partial charge in [0.1, 0.15) is 0 Å². The van der Waals surface area contributed by atoms with E-state index in [1.807, 2.05) is 18.2 Å². The van der Waals surface area contributed by atoms with Gasteiger partial charge in [0.2, 0.25) is 0 Å². The van der Waals surface area contributed by atoms with Crippen LogP contribution in [0.3, 0.4) is 0 Å². The third-order valence-corrected chi connectivity index (χ3v) is 6.23. The molecule has 0 amide bonds. The minimum absolute atomic E-state index is 0.0124. The third-order valence-electron chi connectivity index (χ3n) is 5.95. The fourth-order valence-electron chi connectivity index (χ4n) is 4.60. The van der Waals surface area contributed by atoms with Crippen molar-refractivity contribution in [1.29, 1.82) is 0 Å². The summed E-state index contributed by atoms with van der Waals surface area (Å²) in [6.07, 6.45) is -5.79. The summed E-state index contributed by atoms with van der Waals surface area (Å²) in [7, 11) is 0. The lowest BCUT2D eigenvalue weighted by atomic mass is 9.63. The summed E-state index contributed by atoms with van der Waals surface area (Å²) in [5.74, 6) is -1.91. The SMILES string of the molecule is CC1(C)CC(O)(C(F)(F)F)C(Nc2ccc3ccccc3c2)c2cc(Cl)c(F)c(O)c21. The molecular formula is C23H20ClF4NO2. The minimum Gasteiger partial charge on any atom is -0.505 e. The number of phenols is 1. The molecule has 3 aromatic carbocycles. The van der Waals surface area contributed by atoms with Crippen LogP contribution in [0.1, 0.15) is 37.4 Å². The second-order valence-corrected chi connectivity index (χ2v) is 9.01. The van der Waals surface area contributed by atoms with E-state index in [-0.39, 0.29) is 11.1 Å². The molecule has 3 N–H and O–H groups in total. The average molecular weight is 454 g/mol. The number of hydrogen-bond donors (Lipinski definition) is 3. The Morgan fingerprint density at radius 2 is 1.71 bits per heavy atom. The van der Waals surface area contributed by atoms with E-state index in [1.54, 1.807) is 24.3 Å². The molecule has 0 bridgehead atoms. The predicted octanol–water partition coefficient (Wildman–Crippen LogP) is 6.47. The van der Waals surface area contributed by atoms with E-state index in [0.29, 0.717) is 5.69 Å². The fraction of sp³-hybridized carbons (Fsp3) is 0.304. The number of anilines is 1. The molecule has 1 aliphatic rings. The summed E-state index contributed by atoms with van der Waals surface area (Å²) in [4.78, 5) is 0. The van der Waals surface area contributed by atoms with Crippen molar-refractivity contribution >= 4 is 28.1 Å². The average Bonchev–Trinajstić information content (AvgIpc) is 2.67. The molecule has 0 spiro atoms. The molecule has 8 heteroatoms. The smallest absolute Gasteiger partial charge is 0.419 e. The van der Waals surface area contributed by atoms with Crippen molar-refractivity contribution in [3.05, 3.63) is 70.5 Å². The number of aliphatic hydroxyl groups is 1. The van der Waals surface area contributed by atoms with Crippen molar-refractivity contribution in [2.45, 2.75) is 43.5 Å². The van der Waals surface area contributed by atoms with E-state index >= 15 is 0 Å². The number of fused-ring (bicyclic) bond motifs is 2. The quantitative estimate of drug-likeness (QED) is 0.390. The van der Waals surface area contributed by atoms with Crippen LogP contribution in [0.5, 0.6) is 5.75 Å². The maximum absolute atomic E-state index is 14.3. The van der Waals surface area contributed by atoms with Crippen LogP contribution in [0.25, 0.3) is 10.8 Å². The molecular weight excluding hydrogens is 434 g/mol. The Labute approximate surface area is 181 Å².